The summed E-state index contributed by atoms with van der Waals surface area (Å²) in [5.41, 5.74) is 1.38. The third-order valence-corrected chi connectivity index (χ3v) is 7.29. The molecule has 1 aromatic heterocycles. The van der Waals surface area contributed by atoms with Gasteiger partial charge in [-0.15, -0.1) is 0 Å². The van der Waals surface area contributed by atoms with Crippen LogP contribution in [-0.2, 0) is 25.1 Å². The first-order valence-corrected chi connectivity index (χ1v) is 9.11. The maximum absolute atomic E-state index is 12.5. The highest BCUT2D eigenvalue weighted by molar-refractivity contribution is 7.92. The Balaban J connectivity index is 1.88. The number of hydrogen-bond acceptors (Lipinski definition) is 6. The lowest BCUT2D eigenvalue weighted by molar-refractivity contribution is 0.0984. The Hall–Kier alpha value is -0.920. The normalized spacial score (nSPS) is 28.7. The minimum Gasteiger partial charge on any atom is -0.377 e. The zero-order chi connectivity index (χ0) is 14.8. The molecule has 0 amide bonds. The first kappa shape index (κ1) is 13.7. The number of fused-ring (bicyclic) bond motifs is 2. The Morgan fingerprint density at radius 1 is 1.38 bits per heavy atom. The van der Waals surface area contributed by atoms with Gasteiger partial charge in [-0.2, -0.15) is 0 Å². The van der Waals surface area contributed by atoms with Gasteiger partial charge in [-0.25, -0.2) is 18.4 Å². The molecule has 2 aliphatic heterocycles. The molecular formula is C13H16ClN3O3S. The summed E-state index contributed by atoms with van der Waals surface area (Å²) in [5, 5.41) is 0.130. The summed E-state index contributed by atoms with van der Waals surface area (Å²) in [6.07, 6.45) is 1.29. The van der Waals surface area contributed by atoms with Crippen molar-refractivity contribution in [1.29, 1.82) is 0 Å². The van der Waals surface area contributed by atoms with Crippen LogP contribution in [0.25, 0.3) is 0 Å². The van der Waals surface area contributed by atoms with Crippen LogP contribution in [0.15, 0.2) is 0 Å². The number of sulfone groups is 1. The van der Waals surface area contributed by atoms with Gasteiger partial charge in [0.1, 0.15) is 10.6 Å². The second-order valence-corrected chi connectivity index (χ2v) is 8.65. The van der Waals surface area contributed by atoms with E-state index in [0.717, 1.165) is 5.56 Å². The molecule has 114 valence electrons. The topological polar surface area (TPSA) is 72.4 Å². The van der Waals surface area contributed by atoms with E-state index in [-0.39, 0.29) is 17.1 Å². The van der Waals surface area contributed by atoms with Gasteiger partial charge in [-0.05, 0) is 31.4 Å². The van der Waals surface area contributed by atoms with Crippen molar-refractivity contribution in [2.75, 3.05) is 24.7 Å². The summed E-state index contributed by atoms with van der Waals surface area (Å²) < 4.78 is 29.6. The zero-order valence-corrected chi connectivity index (χ0v) is 13.2. The molecule has 1 saturated carbocycles. The number of halogens is 1. The summed E-state index contributed by atoms with van der Waals surface area (Å²) in [5.74, 6) is 0.701. The van der Waals surface area contributed by atoms with E-state index in [1.807, 2.05) is 6.92 Å². The van der Waals surface area contributed by atoms with Crippen LogP contribution in [0.4, 0.5) is 5.82 Å². The number of aromatic nitrogens is 2. The van der Waals surface area contributed by atoms with Gasteiger partial charge in [0, 0.05) is 12.1 Å². The van der Waals surface area contributed by atoms with Gasteiger partial charge in [-0.1, -0.05) is 0 Å². The Morgan fingerprint density at radius 3 is 2.81 bits per heavy atom. The lowest BCUT2D eigenvalue weighted by Gasteiger charge is -2.35. The van der Waals surface area contributed by atoms with E-state index in [2.05, 4.69) is 14.9 Å². The fourth-order valence-electron chi connectivity index (χ4n) is 3.37. The largest absolute Gasteiger partial charge is 0.377 e. The molecule has 8 heteroatoms. The minimum absolute atomic E-state index is 0.0267. The van der Waals surface area contributed by atoms with Gasteiger partial charge in [0.05, 0.1) is 30.7 Å². The summed E-state index contributed by atoms with van der Waals surface area (Å²) >= 11 is 6.07. The van der Waals surface area contributed by atoms with Crippen molar-refractivity contribution < 1.29 is 13.2 Å². The highest BCUT2D eigenvalue weighted by atomic mass is 35.5. The standard InChI is InChI=1S/C13H16ClN3O3S/c1-8-6-20-5-4-17(8)11-9-7-21(18,19)13(2-3-13)10(9)15-12(14)16-11/h8H,2-7H2,1H3/t8-/m1/s1. The fourth-order valence-corrected chi connectivity index (χ4v) is 5.65. The number of anilines is 1. The fraction of sp³-hybridized carbons (Fsp3) is 0.692. The Morgan fingerprint density at radius 2 is 2.14 bits per heavy atom. The van der Waals surface area contributed by atoms with Crippen LogP contribution >= 0.6 is 11.6 Å². The molecule has 1 atom stereocenters. The average molecular weight is 330 g/mol. The van der Waals surface area contributed by atoms with Gasteiger partial charge in [0.2, 0.25) is 5.28 Å². The highest BCUT2D eigenvalue weighted by Crippen LogP contribution is 2.59. The average Bonchev–Trinajstić information content (AvgIpc) is 3.19. The summed E-state index contributed by atoms with van der Waals surface area (Å²) in [7, 11) is -3.19. The predicted molar refractivity (Wildman–Crippen MR) is 78.2 cm³/mol. The molecule has 0 radical (unpaired) electrons. The quantitative estimate of drug-likeness (QED) is 0.723. The summed E-state index contributed by atoms with van der Waals surface area (Å²) in [6.45, 7) is 3.94. The maximum Gasteiger partial charge on any atom is 0.224 e. The van der Waals surface area contributed by atoms with Gasteiger partial charge >= 0.3 is 0 Å². The van der Waals surface area contributed by atoms with Gasteiger partial charge in [0.15, 0.2) is 9.84 Å². The number of morpholine rings is 1. The summed E-state index contributed by atoms with van der Waals surface area (Å²) in [4.78, 5) is 10.7. The second kappa shape index (κ2) is 4.30. The molecular weight excluding hydrogens is 314 g/mol. The molecule has 6 nitrogen and oxygen atoms in total. The number of hydrogen-bond donors (Lipinski definition) is 0. The number of nitrogens with zero attached hydrogens (tertiary/aromatic N) is 3. The number of ether oxygens (including phenoxy) is 1. The van der Waals surface area contributed by atoms with Crippen molar-refractivity contribution in [1.82, 2.24) is 9.97 Å². The molecule has 3 aliphatic rings. The van der Waals surface area contributed by atoms with Crippen molar-refractivity contribution in [2.45, 2.75) is 36.3 Å². The Bertz CT molecular complexity index is 718. The molecule has 3 heterocycles. The van der Waals surface area contributed by atoms with Crippen molar-refractivity contribution in [3.05, 3.63) is 16.5 Å². The monoisotopic (exact) mass is 329 g/mol. The van der Waals surface area contributed by atoms with Crippen LogP contribution in [0.1, 0.15) is 31.0 Å². The molecule has 0 aromatic carbocycles. The molecule has 0 bridgehead atoms. The third-order valence-electron chi connectivity index (χ3n) is 4.66. The van der Waals surface area contributed by atoms with Crippen LogP contribution in [0.2, 0.25) is 5.28 Å². The third kappa shape index (κ3) is 1.83. The minimum atomic E-state index is -3.19. The molecule has 0 unspecified atom stereocenters. The SMILES string of the molecule is C[C@@H]1COCCN1c1nc(Cl)nc2c1CS(=O)(=O)C21CC1. The van der Waals surface area contributed by atoms with E-state index < -0.39 is 14.6 Å². The van der Waals surface area contributed by atoms with Crippen molar-refractivity contribution >= 4 is 27.3 Å². The van der Waals surface area contributed by atoms with Crippen molar-refractivity contribution in [3.8, 4) is 0 Å². The van der Waals surface area contributed by atoms with Crippen LogP contribution < -0.4 is 4.90 Å². The van der Waals surface area contributed by atoms with E-state index in [1.165, 1.54) is 0 Å². The van der Waals surface area contributed by atoms with Gasteiger partial charge in [0.25, 0.3) is 0 Å². The van der Waals surface area contributed by atoms with Crippen molar-refractivity contribution in [3.63, 3.8) is 0 Å². The first-order chi connectivity index (χ1) is 9.95. The Kier molecular flexibility index (Phi) is 2.81. The predicted octanol–water partition coefficient (Wildman–Crippen LogP) is 1.27. The Labute approximate surface area is 128 Å². The van der Waals surface area contributed by atoms with Gasteiger partial charge in [-0.3, -0.25) is 0 Å². The highest BCUT2D eigenvalue weighted by Gasteiger charge is 2.62. The maximum atomic E-state index is 12.5. The molecule has 1 spiro atoms. The van der Waals surface area contributed by atoms with Crippen molar-refractivity contribution in [2.24, 2.45) is 0 Å². The van der Waals surface area contributed by atoms with Crippen LogP contribution in [-0.4, -0.2) is 44.2 Å². The lowest BCUT2D eigenvalue weighted by atomic mass is 10.1. The first-order valence-electron chi connectivity index (χ1n) is 7.08. The van der Waals surface area contributed by atoms with Crippen LogP contribution in [0, 0.1) is 0 Å². The van der Waals surface area contributed by atoms with Crippen LogP contribution in [0.5, 0.6) is 0 Å². The van der Waals surface area contributed by atoms with E-state index in [4.69, 9.17) is 16.3 Å². The van der Waals surface area contributed by atoms with E-state index >= 15 is 0 Å². The van der Waals surface area contributed by atoms with E-state index in [0.29, 0.717) is 44.1 Å². The second-order valence-electron chi connectivity index (χ2n) is 6.01. The number of rotatable bonds is 1. The molecule has 1 aromatic rings. The molecule has 2 fully saturated rings. The van der Waals surface area contributed by atoms with E-state index in [1.54, 1.807) is 0 Å². The zero-order valence-electron chi connectivity index (χ0n) is 11.7. The lowest BCUT2D eigenvalue weighted by Crippen LogP contribution is -2.44. The molecule has 4 rings (SSSR count). The molecule has 1 saturated heterocycles. The smallest absolute Gasteiger partial charge is 0.224 e. The molecule has 1 aliphatic carbocycles. The van der Waals surface area contributed by atoms with E-state index in [9.17, 15) is 8.42 Å². The molecule has 0 N–H and O–H groups in total. The van der Waals surface area contributed by atoms with Gasteiger partial charge < -0.3 is 9.64 Å². The summed E-state index contributed by atoms with van der Waals surface area (Å²) in [6, 6.07) is 0.146. The molecule has 21 heavy (non-hydrogen) atoms. The van der Waals surface area contributed by atoms with Crippen LogP contribution in [0.3, 0.4) is 0 Å².